The van der Waals surface area contributed by atoms with Crippen molar-refractivity contribution in [2.24, 2.45) is 17.8 Å². The van der Waals surface area contributed by atoms with Crippen LogP contribution in [-0.4, -0.2) is 132 Å². The van der Waals surface area contributed by atoms with Crippen LogP contribution in [0.15, 0.2) is 42.5 Å². The van der Waals surface area contributed by atoms with Crippen LogP contribution in [0.5, 0.6) is 11.5 Å². The Hall–Kier alpha value is -5.44. The summed E-state index contributed by atoms with van der Waals surface area (Å²) in [6.07, 6.45) is 7.23. The van der Waals surface area contributed by atoms with E-state index in [-0.39, 0.29) is 42.2 Å². The van der Waals surface area contributed by atoms with E-state index in [0.29, 0.717) is 71.8 Å². The SMILES string of the molecule is CCC1CC2CCC(NC(=O)c3cc(-c4c(OC)cccc4OC)n(-c4ccc(C(=O)N(C)CCCN(C)CCCN(C)C(=O)CCCC(=O)O)cc4C(C)C)n3)(C(=O)OC(C)(C)C)C(C1)C2. The van der Waals surface area contributed by atoms with Crippen molar-refractivity contribution < 1.29 is 43.3 Å². The second-order valence-electron chi connectivity index (χ2n) is 20.1. The van der Waals surface area contributed by atoms with Crippen LogP contribution < -0.4 is 14.8 Å². The van der Waals surface area contributed by atoms with Gasteiger partial charge < -0.3 is 39.3 Å². The lowest BCUT2D eigenvalue weighted by molar-refractivity contribution is -0.169. The van der Waals surface area contributed by atoms with Gasteiger partial charge >= 0.3 is 11.9 Å². The number of fused-ring (bicyclic) bond motifs is 2. The standard InChI is InChI=1S/C52H76N6O9/c1-12-35-29-36-23-24-52(38(30-35)31-36,50(64)67-51(4,5)6)53-48(62)40-33-42(47-43(65-10)17-13-18-44(47)66-11)58(54-40)41-22-21-37(32-39(41)34(2)3)49(63)57(9)28-16-26-55(7)25-15-27-56(8)45(59)19-14-20-46(60)61/h13,17-18,21-22,32-36,38H,12,14-16,19-20,23-31H2,1-11H3,(H,53,62)(H,60,61). The molecule has 2 bridgehead atoms. The van der Waals surface area contributed by atoms with Gasteiger partial charge in [-0.25, -0.2) is 9.48 Å². The molecular weight excluding hydrogens is 853 g/mol. The first kappa shape index (κ1) is 52.5. The number of carbonyl (C=O) groups excluding carboxylic acids is 4. The molecule has 4 unspecified atom stereocenters. The summed E-state index contributed by atoms with van der Waals surface area (Å²) in [5, 5.41) is 17.1. The van der Waals surface area contributed by atoms with E-state index < -0.39 is 29.0 Å². The Kier molecular flexibility index (Phi) is 18.1. The summed E-state index contributed by atoms with van der Waals surface area (Å²) in [7, 11) is 8.72. The van der Waals surface area contributed by atoms with Crippen molar-refractivity contribution >= 4 is 29.7 Å². The van der Waals surface area contributed by atoms with Crippen molar-refractivity contribution in [3.8, 4) is 28.4 Å². The third-order valence-electron chi connectivity index (χ3n) is 13.6. The molecule has 2 N–H and O–H groups in total. The van der Waals surface area contributed by atoms with E-state index in [9.17, 15) is 24.0 Å². The van der Waals surface area contributed by atoms with Crippen molar-refractivity contribution in [2.45, 2.75) is 129 Å². The smallest absolute Gasteiger partial charge is 0.332 e. The molecule has 67 heavy (non-hydrogen) atoms. The number of ether oxygens (including phenoxy) is 3. The minimum absolute atomic E-state index is 0.0140. The molecule has 368 valence electrons. The van der Waals surface area contributed by atoms with Crippen molar-refractivity contribution in [1.29, 1.82) is 0 Å². The van der Waals surface area contributed by atoms with Gasteiger partial charge in [0, 0.05) is 45.6 Å². The van der Waals surface area contributed by atoms with Crippen LogP contribution in [0.2, 0.25) is 0 Å². The van der Waals surface area contributed by atoms with Crippen molar-refractivity contribution in [3.05, 3.63) is 59.3 Å². The van der Waals surface area contributed by atoms with Crippen LogP contribution in [-0.2, 0) is 19.1 Å². The molecule has 5 rings (SSSR count). The average Bonchev–Trinajstić information content (AvgIpc) is 3.73. The maximum absolute atomic E-state index is 14.8. The van der Waals surface area contributed by atoms with Gasteiger partial charge in [-0.2, -0.15) is 5.10 Å². The van der Waals surface area contributed by atoms with E-state index in [2.05, 4.69) is 31.0 Å². The Bertz CT molecular complexity index is 2190. The summed E-state index contributed by atoms with van der Waals surface area (Å²) >= 11 is 0. The van der Waals surface area contributed by atoms with E-state index in [1.807, 2.05) is 58.2 Å². The highest BCUT2D eigenvalue weighted by atomic mass is 16.6. The normalized spacial score (nSPS) is 19.2. The molecule has 3 amide bonds. The molecule has 2 aromatic carbocycles. The van der Waals surface area contributed by atoms with E-state index in [1.54, 1.807) is 54.9 Å². The number of rotatable bonds is 22. The number of hydrogen-bond acceptors (Lipinski definition) is 10. The molecule has 0 saturated heterocycles. The molecule has 2 fully saturated rings. The zero-order chi connectivity index (χ0) is 49.2. The number of nitrogens with one attached hydrogen (secondary N) is 1. The van der Waals surface area contributed by atoms with E-state index in [1.165, 1.54) is 0 Å². The topological polar surface area (TPSA) is 173 Å². The van der Waals surface area contributed by atoms with E-state index in [4.69, 9.17) is 24.4 Å². The van der Waals surface area contributed by atoms with Gasteiger partial charge in [-0.1, -0.05) is 33.3 Å². The summed E-state index contributed by atoms with van der Waals surface area (Å²) in [6.45, 7) is 14.5. The molecular formula is C52H76N6O9. The number of esters is 1. The average molecular weight is 929 g/mol. The third kappa shape index (κ3) is 13.2. The molecule has 3 aromatic rings. The Morgan fingerprint density at radius 1 is 0.881 bits per heavy atom. The van der Waals surface area contributed by atoms with Crippen LogP contribution in [0.4, 0.5) is 0 Å². The zero-order valence-corrected chi connectivity index (χ0v) is 41.9. The van der Waals surface area contributed by atoms with E-state index in [0.717, 1.165) is 63.6 Å². The number of methoxy groups -OCH3 is 2. The van der Waals surface area contributed by atoms with Crippen LogP contribution in [0.1, 0.15) is 144 Å². The number of carboxylic acids is 1. The number of carboxylic acid groups (broad SMARTS) is 1. The molecule has 0 spiro atoms. The Balaban J connectivity index is 1.40. The van der Waals surface area contributed by atoms with Gasteiger partial charge in [-0.3, -0.25) is 19.2 Å². The Labute approximate surface area is 397 Å². The molecule has 0 aliphatic heterocycles. The van der Waals surface area contributed by atoms with Crippen LogP contribution >= 0.6 is 0 Å². The predicted octanol–water partition coefficient (Wildman–Crippen LogP) is 8.22. The minimum Gasteiger partial charge on any atom is -0.496 e. The van der Waals surface area contributed by atoms with Crippen molar-refractivity contribution in [2.75, 3.05) is 61.5 Å². The summed E-state index contributed by atoms with van der Waals surface area (Å²) in [6, 6.07) is 12.8. The first-order valence-electron chi connectivity index (χ1n) is 24.1. The first-order chi connectivity index (χ1) is 31.7. The fraction of sp³-hybridized carbons (Fsp3) is 0.615. The molecule has 4 atom stereocenters. The number of hydrogen-bond donors (Lipinski definition) is 2. The van der Waals surface area contributed by atoms with Gasteiger partial charge in [0.2, 0.25) is 5.91 Å². The number of nitrogens with zero attached hydrogens (tertiary/aromatic N) is 5. The minimum atomic E-state index is -1.21. The molecule has 0 radical (unpaired) electrons. The molecule has 2 aliphatic rings. The maximum Gasteiger partial charge on any atom is 0.332 e. The van der Waals surface area contributed by atoms with Crippen molar-refractivity contribution in [1.82, 2.24) is 29.8 Å². The Morgan fingerprint density at radius 3 is 2.13 bits per heavy atom. The molecule has 2 saturated carbocycles. The zero-order valence-electron chi connectivity index (χ0n) is 41.9. The monoisotopic (exact) mass is 929 g/mol. The highest BCUT2D eigenvalue weighted by Crippen LogP contribution is 2.49. The maximum atomic E-state index is 14.8. The van der Waals surface area contributed by atoms with Crippen LogP contribution in [0.3, 0.4) is 0 Å². The fourth-order valence-electron chi connectivity index (χ4n) is 9.89. The lowest BCUT2D eigenvalue weighted by Gasteiger charge is -2.50. The van der Waals surface area contributed by atoms with E-state index >= 15 is 0 Å². The number of benzene rings is 2. The highest BCUT2D eigenvalue weighted by Gasteiger charge is 2.54. The predicted molar refractivity (Wildman–Crippen MR) is 259 cm³/mol. The van der Waals surface area contributed by atoms with Gasteiger partial charge in [-0.05, 0) is 158 Å². The number of aliphatic carboxylic acids is 1. The molecule has 2 aliphatic carbocycles. The molecule has 1 heterocycles. The van der Waals surface area contributed by atoms with Gasteiger partial charge in [0.05, 0.1) is 31.2 Å². The summed E-state index contributed by atoms with van der Waals surface area (Å²) in [5.74, 6) is -0.0800. The quantitative estimate of drug-likeness (QED) is 0.0930. The second-order valence-corrected chi connectivity index (χ2v) is 20.1. The van der Waals surface area contributed by atoms with Gasteiger partial charge in [-0.15, -0.1) is 0 Å². The largest absolute Gasteiger partial charge is 0.496 e. The molecule has 15 heteroatoms. The first-order valence-corrected chi connectivity index (χ1v) is 24.1. The lowest BCUT2D eigenvalue weighted by Crippen LogP contribution is -2.64. The van der Waals surface area contributed by atoms with Crippen LogP contribution in [0, 0.1) is 17.8 Å². The lowest BCUT2D eigenvalue weighted by atomic mass is 9.59. The number of aromatic nitrogens is 2. The van der Waals surface area contributed by atoms with Crippen molar-refractivity contribution in [3.63, 3.8) is 0 Å². The molecule has 15 nitrogen and oxygen atoms in total. The fourth-order valence-corrected chi connectivity index (χ4v) is 9.89. The summed E-state index contributed by atoms with van der Waals surface area (Å²) in [4.78, 5) is 71.9. The van der Waals surface area contributed by atoms with Gasteiger partial charge in [0.1, 0.15) is 22.6 Å². The third-order valence-corrected chi connectivity index (χ3v) is 13.6. The summed E-state index contributed by atoms with van der Waals surface area (Å²) in [5.41, 5.74) is 1.32. The van der Waals surface area contributed by atoms with Crippen LogP contribution in [0.25, 0.3) is 16.9 Å². The highest BCUT2D eigenvalue weighted by molar-refractivity contribution is 5.99. The number of amides is 3. The van der Waals surface area contributed by atoms with Gasteiger partial charge in [0.15, 0.2) is 5.69 Å². The summed E-state index contributed by atoms with van der Waals surface area (Å²) < 4.78 is 19.6. The number of carbonyl (C=O) groups is 5. The second kappa shape index (κ2) is 23.0. The van der Waals surface area contributed by atoms with Gasteiger partial charge in [0.25, 0.3) is 11.8 Å². The molecule has 1 aromatic heterocycles. The Morgan fingerprint density at radius 2 is 1.54 bits per heavy atom.